The van der Waals surface area contributed by atoms with E-state index >= 15 is 0 Å². The molecule has 1 aliphatic carbocycles. The molecule has 0 aromatic carbocycles. The third-order valence-corrected chi connectivity index (χ3v) is 4.01. The molecule has 5 nitrogen and oxygen atoms in total. The molecule has 2 N–H and O–H groups in total. The maximum absolute atomic E-state index is 9.13. The molecule has 0 bridgehead atoms. The van der Waals surface area contributed by atoms with Crippen LogP contribution in [0.25, 0.3) is 0 Å². The zero-order chi connectivity index (χ0) is 14.9. The van der Waals surface area contributed by atoms with E-state index in [0.29, 0.717) is 12.6 Å². The Kier molecular flexibility index (Phi) is 6.92. The van der Waals surface area contributed by atoms with E-state index in [1.54, 1.807) is 7.11 Å². The number of aromatic nitrogens is 1. The number of hydrogen-bond acceptors (Lipinski definition) is 5. The highest BCUT2D eigenvalue weighted by atomic mass is 16.5. The highest BCUT2D eigenvalue weighted by Crippen LogP contribution is 2.30. The van der Waals surface area contributed by atoms with E-state index in [4.69, 9.17) is 9.84 Å². The Hall–Kier alpha value is -1.17. The minimum absolute atomic E-state index is 0.234. The van der Waals surface area contributed by atoms with Crippen molar-refractivity contribution in [3.05, 3.63) is 23.9 Å². The lowest BCUT2D eigenvalue weighted by Crippen LogP contribution is -2.42. The van der Waals surface area contributed by atoms with Crippen molar-refractivity contribution in [2.45, 2.75) is 38.3 Å². The molecule has 1 heterocycles. The SMILES string of the molecule is COCCNCc1cccnc1N(CCCO)C1CCC1. The third kappa shape index (κ3) is 4.66. The Labute approximate surface area is 127 Å². The number of hydrogen-bond donors (Lipinski definition) is 2. The summed E-state index contributed by atoms with van der Waals surface area (Å²) in [6.07, 6.45) is 6.42. The molecule has 1 aromatic heterocycles. The van der Waals surface area contributed by atoms with Gasteiger partial charge in [0.25, 0.3) is 0 Å². The van der Waals surface area contributed by atoms with Crippen LogP contribution in [0.1, 0.15) is 31.2 Å². The first-order valence-corrected chi connectivity index (χ1v) is 7.88. The molecule has 0 unspecified atom stereocenters. The predicted octanol–water partition coefficient (Wildman–Crippen LogP) is 1.56. The van der Waals surface area contributed by atoms with Gasteiger partial charge < -0.3 is 20.1 Å². The molecule has 21 heavy (non-hydrogen) atoms. The van der Waals surface area contributed by atoms with Crippen LogP contribution in [0.15, 0.2) is 18.3 Å². The standard InChI is InChI=1S/C16H27N3O2/c1-21-12-9-17-13-14-5-3-8-18-16(14)19(10-4-11-20)15-6-2-7-15/h3,5,8,15,17,20H,2,4,6-7,9-13H2,1H3. The fourth-order valence-corrected chi connectivity index (χ4v) is 2.62. The van der Waals surface area contributed by atoms with Crippen LogP contribution >= 0.6 is 0 Å². The largest absolute Gasteiger partial charge is 0.396 e. The van der Waals surface area contributed by atoms with Crippen LogP contribution in [0, 0.1) is 0 Å². The third-order valence-electron chi connectivity index (χ3n) is 4.01. The topological polar surface area (TPSA) is 57.6 Å². The average molecular weight is 293 g/mol. The number of rotatable bonds is 10. The molecule has 2 rings (SSSR count). The van der Waals surface area contributed by atoms with Gasteiger partial charge in [-0.05, 0) is 31.7 Å². The minimum Gasteiger partial charge on any atom is -0.396 e. The van der Waals surface area contributed by atoms with Crippen molar-refractivity contribution in [3.8, 4) is 0 Å². The van der Waals surface area contributed by atoms with Gasteiger partial charge in [-0.2, -0.15) is 0 Å². The summed E-state index contributed by atoms with van der Waals surface area (Å²) >= 11 is 0. The molecule has 1 fully saturated rings. The van der Waals surface area contributed by atoms with Crippen molar-refractivity contribution in [3.63, 3.8) is 0 Å². The number of ether oxygens (including phenoxy) is 1. The molecule has 118 valence electrons. The number of anilines is 1. The number of aliphatic hydroxyl groups excluding tert-OH is 1. The lowest BCUT2D eigenvalue weighted by Gasteiger charge is -2.39. The van der Waals surface area contributed by atoms with Crippen LogP contribution < -0.4 is 10.2 Å². The van der Waals surface area contributed by atoms with Crippen molar-refractivity contribution in [1.82, 2.24) is 10.3 Å². The van der Waals surface area contributed by atoms with Crippen molar-refractivity contribution in [1.29, 1.82) is 0 Å². The van der Waals surface area contributed by atoms with Gasteiger partial charge in [-0.3, -0.25) is 0 Å². The zero-order valence-electron chi connectivity index (χ0n) is 12.9. The zero-order valence-corrected chi connectivity index (χ0v) is 12.9. The molecule has 1 saturated carbocycles. The molecule has 0 saturated heterocycles. The van der Waals surface area contributed by atoms with Crippen molar-refractivity contribution < 1.29 is 9.84 Å². The molecule has 0 aliphatic heterocycles. The van der Waals surface area contributed by atoms with Gasteiger partial charge in [0, 0.05) is 51.2 Å². The second-order valence-electron chi connectivity index (χ2n) is 5.51. The first-order chi connectivity index (χ1) is 10.4. The van der Waals surface area contributed by atoms with Gasteiger partial charge >= 0.3 is 0 Å². The van der Waals surface area contributed by atoms with Gasteiger partial charge in [-0.15, -0.1) is 0 Å². The van der Waals surface area contributed by atoms with Gasteiger partial charge in [0.15, 0.2) is 0 Å². The first-order valence-electron chi connectivity index (χ1n) is 7.88. The molecule has 5 heteroatoms. The first kappa shape index (κ1) is 16.2. The Morgan fingerprint density at radius 3 is 3.00 bits per heavy atom. The summed E-state index contributed by atoms with van der Waals surface area (Å²) in [7, 11) is 1.71. The maximum atomic E-state index is 9.13. The summed E-state index contributed by atoms with van der Waals surface area (Å²) < 4.78 is 5.06. The fraction of sp³-hybridized carbons (Fsp3) is 0.688. The number of nitrogens with zero attached hydrogens (tertiary/aromatic N) is 2. The summed E-state index contributed by atoms with van der Waals surface area (Å²) in [6, 6.07) is 4.71. The van der Waals surface area contributed by atoms with E-state index in [0.717, 1.165) is 31.9 Å². The predicted molar refractivity (Wildman–Crippen MR) is 84.5 cm³/mol. The average Bonchev–Trinajstić information content (AvgIpc) is 2.46. The Morgan fingerprint density at radius 1 is 1.48 bits per heavy atom. The van der Waals surface area contributed by atoms with E-state index in [-0.39, 0.29) is 6.61 Å². The quantitative estimate of drug-likeness (QED) is 0.641. The number of methoxy groups -OCH3 is 1. The van der Waals surface area contributed by atoms with Crippen LogP contribution in [-0.4, -0.2) is 49.5 Å². The molecule has 0 spiro atoms. The summed E-state index contributed by atoms with van der Waals surface area (Å²) in [6.45, 7) is 3.47. The molecule has 0 radical (unpaired) electrons. The Morgan fingerprint density at radius 2 is 2.33 bits per heavy atom. The monoisotopic (exact) mass is 293 g/mol. The van der Waals surface area contributed by atoms with Crippen LogP contribution in [0.5, 0.6) is 0 Å². The van der Waals surface area contributed by atoms with Gasteiger partial charge in [0.1, 0.15) is 5.82 Å². The summed E-state index contributed by atoms with van der Waals surface area (Å²) in [4.78, 5) is 6.99. The van der Waals surface area contributed by atoms with Crippen LogP contribution in [0.2, 0.25) is 0 Å². The van der Waals surface area contributed by atoms with Crippen molar-refractivity contribution >= 4 is 5.82 Å². The molecule has 1 aliphatic rings. The molecular weight excluding hydrogens is 266 g/mol. The van der Waals surface area contributed by atoms with Crippen molar-refractivity contribution in [2.75, 3.05) is 38.3 Å². The van der Waals surface area contributed by atoms with Gasteiger partial charge in [-0.25, -0.2) is 4.98 Å². The van der Waals surface area contributed by atoms with E-state index in [9.17, 15) is 0 Å². The number of aliphatic hydroxyl groups is 1. The van der Waals surface area contributed by atoms with Crippen LogP contribution in [0.4, 0.5) is 5.82 Å². The second-order valence-corrected chi connectivity index (χ2v) is 5.51. The normalized spacial score (nSPS) is 15.0. The number of pyridine rings is 1. The highest BCUT2D eigenvalue weighted by molar-refractivity contribution is 5.48. The summed E-state index contributed by atoms with van der Waals surface area (Å²) in [5, 5.41) is 12.5. The lowest BCUT2D eigenvalue weighted by atomic mass is 9.91. The van der Waals surface area contributed by atoms with Crippen LogP contribution in [0.3, 0.4) is 0 Å². The number of nitrogens with one attached hydrogen (secondary N) is 1. The second kappa shape index (κ2) is 8.97. The molecule has 0 amide bonds. The summed E-state index contributed by atoms with van der Waals surface area (Å²) in [5.41, 5.74) is 1.22. The highest BCUT2D eigenvalue weighted by Gasteiger charge is 2.26. The van der Waals surface area contributed by atoms with Gasteiger partial charge in [0.05, 0.1) is 6.61 Å². The fourth-order valence-electron chi connectivity index (χ4n) is 2.62. The van der Waals surface area contributed by atoms with E-state index in [1.807, 2.05) is 12.3 Å². The van der Waals surface area contributed by atoms with E-state index < -0.39 is 0 Å². The molecule has 1 aromatic rings. The minimum atomic E-state index is 0.234. The smallest absolute Gasteiger partial charge is 0.133 e. The van der Waals surface area contributed by atoms with E-state index in [1.165, 1.54) is 24.8 Å². The molecular formula is C16H27N3O2. The van der Waals surface area contributed by atoms with Crippen LogP contribution in [-0.2, 0) is 11.3 Å². The van der Waals surface area contributed by atoms with Crippen molar-refractivity contribution in [2.24, 2.45) is 0 Å². The summed E-state index contributed by atoms with van der Waals surface area (Å²) in [5.74, 6) is 1.07. The lowest BCUT2D eigenvalue weighted by molar-refractivity contribution is 0.199. The van der Waals surface area contributed by atoms with E-state index in [2.05, 4.69) is 21.3 Å². The van der Waals surface area contributed by atoms with Gasteiger partial charge in [0.2, 0.25) is 0 Å². The maximum Gasteiger partial charge on any atom is 0.133 e. The Bertz CT molecular complexity index is 410. The molecule has 0 atom stereocenters. The Balaban J connectivity index is 2.03. The van der Waals surface area contributed by atoms with Gasteiger partial charge in [-0.1, -0.05) is 6.07 Å².